The van der Waals surface area contributed by atoms with Crippen molar-refractivity contribution < 1.29 is 18.7 Å². The van der Waals surface area contributed by atoms with Crippen LogP contribution in [0.3, 0.4) is 0 Å². The Labute approximate surface area is 142 Å². The summed E-state index contributed by atoms with van der Waals surface area (Å²) in [5.41, 5.74) is 1.34. The second-order valence-electron chi connectivity index (χ2n) is 5.23. The Morgan fingerprint density at radius 3 is 2.83 bits per heavy atom. The standard InChI is InChI=1S/C16H18BrFN2O3/c1-3-4-7-23-15(21)13-9(2)19-16(22)20-14(13)10-5-6-12(18)11(17)8-10/h5-6,8,14H,3-4,7H2,1-2H3,(H2,19,20,22)/t14-/m0/s1. The first-order valence-corrected chi connectivity index (χ1v) is 8.13. The first-order chi connectivity index (χ1) is 10.9. The van der Waals surface area contributed by atoms with Crippen LogP contribution in [0.4, 0.5) is 9.18 Å². The zero-order valence-corrected chi connectivity index (χ0v) is 14.5. The Morgan fingerprint density at radius 2 is 2.17 bits per heavy atom. The quantitative estimate of drug-likeness (QED) is 0.602. The Balaban J connectivity index is 2.33. The van der Waals surface area contributed by atoms with E-state index in [0.717, 1.165) is 12.8 Å². The Hall–Kier alpha value is -1.89. The van der Waals surface area contributed by atoms with E-state index in [-0.39, 0.29) is 4.47 Å². The molecule has 0 bridgehead atoms. The van der Waals surface area contributed by atoms with Crippen LogP contribution in [0.25, 0.3) is 0 Å². The maximum Gasteiger partial charge on any atom is 0.338 e. The molecule has 1 aromatic rings. The molecule has 2 amide bonds. The summed E-state index contributed by atoms with van der Waals surface area (Å²) in [7, 11) is 0. The van der Waals surface area contributed by atoms with Crippen molar-refractivity contribution in [3.05, 3.63) is 45.3 Å². The molecule has 0 radical (unpaired) electrons. The minimum absolute atomic E-state index is 0.263. The van der Waals surface area contributed by atoms with Gasteiger partial charge >= 0.3 is 12.0 Å². The van der Waals surface area contributed by atoms with Crippen LogP contribution in [0.2, 0.25) is 0 Å². The summed E-state index contributed by atoms with van der Waals surface area (Å²) < 4.78 is 19.0. The van der Waals surface area contributed by atoms with Crippen molar-refractivity contribution >= 4 is 27.9 Å². The molecule has 0 fully saturated rings. The first kappa shape index (κ1) is 17.5. The van der Waals surface area contributed by atoms with E-state index in [9.17, 15) is 14.0 Å². The highest BCUT2D eigenvalue weighted by molar-refractivity contribution is 9.10. The maximum atomic E-state index is 13.4. The number of halogens is 2. The summed E-state index contributed by atoms with van der Waals surface area (Å²) in [6.07, 6.45) is 1.68. The van der Waals surface area contributed by atoms with Crippen molar-refractivity contribution in [1.29, 1.82) is 0 Å². The number of rotatable bonds is 5. The molecule has 2 N–H and O–H groups in total. The number of amides is 2. The molecule has 1 heterocycles. The van der Waals surface area contributed by atoms with Crippen molar-refractivity contribution in [1.82, 2.24) is 10.6 Å². The van der Waals surface area contributed by atoms with Crippen LogP contribution >= 0.6 is 15.9 Å². The number of urea groups is 1. The van der Waals surface area contributed by atoms with Crippen LogP contribution in [0.1, 0.15) is 38.3 Å². The summed E-state index contributed by atoms with van der Waals surface area (Å²) in [5, 5.41) is 5.25. The summed E-state index contributed by atoms with van der Waals surface area (Å²) in [6.45, 7) is 3.96. The lowest BCUT2D eigenvalue weighted by atomic mass is 9.95. The van der Waals surface area contributed by atoms with Crippen LogP contribution in [-0.4, -0.2) is 18.6 Å². The number of carbonyl (C=O) groups is 2. The third-order valence-corrected chi connectivity index (χ3v) is 4.10. The summed E-state index contributed by atoms with van der Waals surface area (Å²) >= 11 is 3.12. The fourth-order valence-corrected chi connectivity index (χ4v) is 2.69. The fourth-order valence-electron chi connectivity index (χ4n) is 2.29. The minimum atomic E-state index is -0.685. The normalized spacial score (nSPS) is 17.6. The summed E-state index contributed by atoms with van der Waals surface area (Å²) in [6, 6.07) is 3.25. The molecule has 0 saturated heterocycles. The topological polar surface area (TPSA) is 67.4 Å². The van der Waals surface area contributed by atoms with Gasteiger partial charge in [0.2, 0.25) is 0 Å². The highest BCUT2D eigenvalue weighted by Gasteiger charge is 2.32. The molecule has 1 aromatic carbocycles. The van der Waals surface area contributed by atoms with E-state index in [1.54, 1.807) is 6.92 Å². The van der Waals surface area contributed by atoms with Crippen LogP contribution in [0.15, 0.2) is 33.9 Å². The average molecular weight is 385 g/mol. The molecular formula is C16H18BrFN2O3. The van der Waals surface area contributed by atoms with Gasteiger partial charge in [-0.05, 0) is 47.0 Å². The fraction of sp³-hybridized carbons (Fsp3) is 0.375. The Bertz CT molecular complexity index is 661. The van der Waals surface area contributed by atoms with Gasteiger partial charge in [-0.15, -0.1) is 0 Å². The van der Waals surface area contributed by atoms with Gasteiger partial charge in [-0.1, -0.05) is 19.4 Å². The predicted molar refractivity (Wildman–Crippen MR) is 87.1 cm³/mol. The molecule has 2 rings (SSSR count). The van der Waals surface area contributed by atoms with E-state index in [1.165, 1.54) is 18.2 Å². The van der Waals surface area contributed by atoms with E-state index < -0.39 is 23.9 Å². The van der Waals surface area contributed by atoms with Crippen LogP contribution in [0, 0.1) is 5.82 Å². The molecular weight excluding hydrogens is 367 g/mol. The number of nitrogens with one attached hydrogen (secondary N) is 2. The number of ether oxygens (including phenoxy) is 1. The predicted octanol–water partition coefficient (Wildman–Crippen LogP) is 3.56. The van der Waals surface area contributed by atoms with Crippen LogP contribution in [-0.2, 0) is 9.53 Å². The zero-order valence-electron chi connectivity index (χ0n) is 12.9. The van der Waals surface area contributed by atoms with Gasteiger partial charge in [0.25, 0.3) is 0 Å². The molecule has 0 unspecified atom stereocenters. The van der Waals surface area contributed by atoms with E-state index in [2.05, 4.69) is 26.6 Å². The third kappa shape index (κ3) is 4.10. The maximum absolute atomic E-state index is 13.4. The average Bonchev–Trinajstić information content (AvgIpc) is 2.49. The van der Waals surface area contributed by atoms with Gasteiger partial charge in [-0.25, -0.2) is 14.0 Å². The number of esters is 1. The third-order valence-electron chi connectivity index (χ3n) is 3.50. The highest BCUT2D eigenvalue weighted by atomic mass is 79.9. The van der Waals surface area contributed by atoms with Crippen molar-refractivity contribution in [2.45, 2.75) is 32.7 Å². The zero-order chi connectivity index (χ0) is 17.0. The van der Waals surface area contributed by atoms with Crippen molar-refractivity contribution in [2.75, 3.05) is 6.61 Å². The van der Waals surface area contributed by atoms with E-state index in [0.29, 0.717) is 23.4 Å². The van der Waals surface area contributed by atoms with Gasteiger partial charge < -0.3 is 15.4 Å². The van der Waals surface area contributed by atoms with E-state index in [4.69, 9.17) is 4.74 Å². The summed E-state index contributed by atoms with van der Waals surface area (Å²) in [4.78, 5) is 24.1. The molecule has 1 aliphatic rings. The summed E-state index contributed by atoms with van der Waals surface area (Å²) in [5.74, 6) is -0.907. The molecule has 1 aliphatic heterocycles. The molecule has 0 spiro atoms. The molecule has 0 aliphatic carbocycles. The molecule has 23 heavy (non-hydrogen) atoms. The van der Waals surface area contributed by atoms with Crippen molar-refractivity contribution in [3.63, 3.8) is 0 Å². The van der Waals surface area contributed by atoms with Gasteiger partial charge in [0.15, 0.2) is 0 Å². The molecule has 7 heteroatoms. The van der Waals surface area contributed by atoms with Gasteiger partial charge in [-0.2, -0.15) is 0 Å². The Morgan fingerprint density at radius 1 is 1.43 bits per heavy atom. The molecule has 124 valence electrons. The molecule has 1 atom stereocenters. The Kier molecular flexibility index (Phi) is 5.76. The lowest BCUT2D eigenvalue weighted by Gasteiger charge is -2.28. The van der Waals surface area contributed by atoms with E-state index >= 15 is 0 Å². The first-order valence-electron chi connectivity index (χ1n) is 7.34. The number of carbonyl (C=O) groups excluding carboxylic acids is 2. The largest absolute Gasteiger partial charge is 0.462 e. The molecule has 0 saturated carbocycles. The number of unbranched alkanes of at least 4 members (excludes halogenated alkanes) is 1. The van der Waals surface area contributed by atoms with Gasteiger partial charge in [0, 0.05) is 5.70 Å². The van der Waals surface area contributed by atoms with Crippen molar-refractivity contribution in [2.24, 2.45) is 0 Å². The SMILES string of the molecule is CCCCOC(=O)C1=C(C)NC(=O)N[C@H]1c1ccc(F)c(Br)c1. The lowest BCUT2D eigenvalue weighted by Crippen LogP contribution is -2.45. The van der Waals surface area contributed by atoms with Gasteiger partial charge in [0.05, 0.1) is 22.7 Å². The van der Waals surface area contributed by atoms with Crippen LogP contribution in [0.5, 0.6) is 0 Å². The molecule has 0 aromatic heterocycles. The van der Waals surface area contributed by atoms with Gasteiger partial charge in [-0.3, -0.25) is 0 Å². The number of hydrogen-bond acceptors (Lipinski definition) is 3. The van der Waals surface area contributed by atoms with E-state index in [1.807, 2.05) is 6.92 Å². The number of hydrogen-bond donors (Lipinski definition) is 2. The second-order valence-corrected chi connectivity index (χ2v) is 6.09. The monoisotopic (exact) mass is 384 g/mol. The van der Waals surface area contributed by atoms with Gasteiger partial charge in [0.1, 0.15) is 5.82 Å². The molecule has 5 nitrogen and oxygen atoms in total. The van der Waals surface area contributed by atoms with Crippen molar-refractivity contribution in [3.8, 4) is 0 Å². The minimum Gasteiger partial charge on any atom is -0.462 e. The number of benzene rings is 1. The smallest absolute Gasteiger partial charge is 0.338 e. The second kappa shape index (κ2) is 7.59. The lowest BCUT2D eigenvalue weighted by molar-refractivity contribution is -0.139. The number of allylic oxidation sites excluding steroid dienone is 1. The highest BCUT2D eigenvalue weighted by Crippen LogP contribution is 2.30. The van der Waals surface area contributed by atoms with Crippen LogP contribution < -0.4 is 10.6 Å².